The normalized spacial score (nSPS) is 11.6. The molecule has 0 radical (unpaired) electrons. The van der Waals surface area contributed by atoms with Gasteiger partial charge in [-0.2, -0.15) is 21.3 Å². The van der Waals surface area contributed by atoms with Gasteiger partial charge in [0.05, 0.1) is 6.42 Å². The molecule has 0 saturated heterocycles. The Morgan fingerprint density at radius 1 is 1.05 bits per heavy atom. The maximum absolute atomic E-state index is 10.2. The zero-order chi connectivity index (χ0) is 16.9. The summed E-state index contributed by atoms with van der Waals surface area (Å²) in [4.78, 5) is 20.0. The van der Waals surface area contributed by atoms with Crippen molar-refractivity contribution in [3.05, 3.63) is 6.42 Å². The molecule has 0 aromatic carbocycles. The molecule has 126 valence electrons. The Kier molecular flexibility index (Phi) is 19.1. The van der Waals surface area contributed by atoms with E-state index in [-0.39, 0.29) is 29.6 Å². The second-order valence-corrected chi connectivity index (χ2v) is 6.11. The van der Waals surface area contributed by atoms with Crippen molar-refractivity contribution in [3.8, 4) is 0 Å². The van der Waals surface area contributed by atoms with Gasteiger partial charge in [0, 0.05) is 0 Å². The van der Waals surface area contributed by atoms with Gasteiger partial charge in [-0.3, -0.25) is 14.1 Å². The Bertz CT molecular complexity index is 389. The number of hydrogen-bond acceptors (Lipinski definition) is 4. The van der Waals surface area contributed by atoms with Crippen LogP contribution in [0.4, 0.5) is 0 Å². The van der Waals surface area contributed by atoms with Gasteiger partial charge >= 0.3 is 41.5 Å². The average Bonchev–Trinajstić information content (AvgIpc) is 2.35. The molecule has 0 heterocycles. The Hall–Kier alpha value is -0.150. The van der Waals surface area contributed by atoms with Gasteiger partial charge in [0.15, 0.2) is 5.25 Å². The third-order valence-electron chi connectivity index (χ3n) is 2.52. The molecule has 7 nitrogen and oxygen atoms in total. The Morgan fingerprint density at radius 2 is 1.45 bits per heavy atom. The van der Waals surface area contributed by atoms with Crippen LogP contribution in [0.3, 0.4) is 0 Å². The largest absolute Gasteiger partial charge is 1.00 e. The summed E-state index contributed by atoms with van der Waals surface area (Å²) in [5.41, 5.74) is 0. The van der Waals surface area contributed by atoms with Crippen LogP contribution in [0, 0.1) is 6.42 Å². The average molecular weight is 348 g/mol. The van der Waals surface area contributed by atoms with Crippen LogP contribution in [0.25, 0.3) is 0 Å². The monoisotopic (exact) mass is 348 g/mol. The molecule has 0 rings (SSSR count). The van der Waals surface area contributed by atoms with E-state index in [4.69, 9.17) is 14.8 Å². The summed E-state index contributed by atoms with van der Waals surface area (Å²) in [5, 5.41) is 13.9. The van der Waals surface area contributed by atoms with Crippen LogP contribution >= 0.6 is 0 Å². The van der Waals surface area contributed by atoms with Gasteiger partial charge < -0.3 is 16.6 Å². The van der Waals surface area contributed by atoms with Gasteiger partial charge in [-0.15, -0.1) is 0 Å². The summed E-state index contributed by atoms with van der Waals surface area (Å²) in [5.74, 6) is -3.50. The fourth-order valence-corrected chi connectivity index (χ4v) is 1.93. The van der Waals surface area contributed by atoms with Gasteiger partial charge in [0.2, 0.25) is 0 Å². The number of rotatable bonds is 10. The first-order valence-corrected chi connectivity index (χ1v) is 8.39. The zero-order valence-corrected chi connectivity index (χ0v) is 16.3. The molecule has 1 unspecified atom stereocenters. The fourth-order valence-electron chi connectivity index (χ4n) is 1.32. The Labute approximate surface area is 154 Å². The van der Waals surface area contributed by atoms with Crippen molar-refractivity contribution in [3.63, 3.8) is 0 Å². The van der Waals surface area contributed by atoms with E-state index in [0.29, 0.717) is 0 Å². The molecule has 22 heavy (non-hydrogen) atoms. The van der Waals surface area contributed by atoms with Gasteiger partial charge in [0.25, 0.3) is 10.1 Å². The van der Waals surface area contributed by atoms with E-state index in [1.165, 1.54) is 38.5 Å². The number of hydrogen-bond donors (Lipinski definition) is 3. The van der Waals surface area contributed by atoms with Crippen LogP contribution in [-0.4, -0.2) is 40.4 Å². The molecule has 0 saturated carbocycles. The minimum absolute atomic E-state index is 0. The van der Waals surface area contributed by atoms with Gasteiger partial charge in [-0.05, 0) is 0 Å². The number of carboxylic acid groups (broad SMARTS) is 2. The summed E-state index contributed by atoms with van der Waals surface area (Å²) < 4.78 is 28.7. The molecule has 0 aliphatic carbocycles. The first-order chi connectivity index (χ1) is 9.66. The number of carbonyl (C=O) groups is 2. The molecule has 0 spiro atoms. The quantitative estimate of drug-likeness (QED) is 0.208. The van der Waals surface area contributed by atoms with Crippen LogP contribution in [0.5, 0.6) is 0 Å². The van der Waals surface area contributed by atoms with Crippen LogP contribution in [0.15, 0.2) is 0 Å². The van der Waals surface area contributed by atoms with Crippen molar-refractivity contribution in [1.82, 2.24) is 0 Å². The third kappa shape index (κ3) is 17.9. The summed E-state index contributed by atoms with van der Waals surface area (Å²) in [6.07, 6.45) is 9.35. The minimum atomic E-state index is -4.84. The van der Waals surface area contributed by atoms with Crippen molar-refractivity contribution in [1.29, 1.82) is 0 Å². The second-order valence-electron chi connectivity index (χ2n) is 4.51. The Morgan fingerprint density at radius 3 is 1.64 bits per heavy atom. The summed E-state index contributed by atoms with van der Waals surface area (Å²) in [6, 6.07) is 0. The van der Waals surface area contributed by atoms with Crippen molar-refractivity contribution in [2.45, 2.75) is 64.0 Å². The maximum atomic E-state index is 10.2. The predicted octanol–water partition coefficient (Wildman–Crippen LogP) is -0.623. The molecule has 0 amide bonds. The first-order valence-electron chi connectivity index (χ1n) is 6.89. The van der Waals surface area contributed by atoms with Gasteiger partial charge in [0.1, 0.15) is 0 Å². The summed E-state index contributed by atoms with van der Waals surface area (Å²) in [7, 11) is -4.84. The zero-order valence-electron chi connectivity index (χ0n) is 13.5. The van der Waals surface area contributed by atoms with E-state index >= 15 is 0 Å². The number of carboxylic acids is 2. The summed E-state index contributed by atoms with van der Waals surface area (Å²) >= 11 is 0. The topological polar surface area (TPSA) is 129 Å². The van der Waals surface area contributed by atoms with E-state index in [1.807, 2.05) is 0 Å². The molecule has 0 aliphatic heterocycles. The van der Waals surface area contributed by atoms with Crippen LogP contribution in [0.1, 0.15) is 58.8 Å². The molecule has 9 heteroatoms. The third-order valence-corrected chi connectivity index (χ3v) is 3.61. The van der Waals surface area contributed by atoms with Gasteiger partial charge in [-0.25, -0.2) is 0 Å². The first kappa shape index (κ1) is 26.7. The fraction of sp³-hybridized carbons (Fsp3) is 0.769. The molecule has 0 bridgehead atoms. The second kappa shape index (κ2) is 15.7. The van der Waals surface area contributed by atoms with E-state index < -0.39 is 33.7 Å². The van der Waals surface area contributed by atoms with E-state index in [1.54, 1.807) is 0 Å². The van der Waals surface area contributed by atoms with Crippen LogP contribution in [0.2, 0.25) is 0 Å². The standard InChI is InChI=1S/C9H19.C4H6O7S.Na/c1-3-5-7-9-8-6-4-2;5-3(6)1-2(4(7)8)12(9,10)11;/h9H,3-8H2,1-2H3;2H,1H2,(H,5,6)(H,7,8)(H,9,10,11);/q-1;;+1. The van der Waals surface area contributed by atoms with E-state index in [0.717, 1.165) is 0 Å². The van der Waals surface area contributed by atoms with Crippen LogP contribution in [-0.2, 0) is 19.7 Å². The number of unbranched alkanes of at least 4 members (excludes halogenated alkanes) is 6. The molecular formula is C13H25NaO7S. The molecule has 0 aliphatic rings. The summed E-state index contributed by atoms with van der Waals surface area (Å²) in [6.45, 7) is 4.49. The molecular weight excluding hydrogens is 323 g/mol. The smallest absolute Gasteiger partial charge is 0.481 e. The minimum Gasteiger partial charge on any atom is -0.481 e. The maximum Gasteiger partial charge on any atom is 1.00 e. The molecule has 1 atom stereocenters. The molecule has 0 fully saturated rings. The predicted molar refractivity (Wildman–Crippen MR) is 78.6 cm³/mol. The Balaban J connectivity index is -0.000000326. The van der Waals surface area contributed by atoms with E-state index in [9.17, 15) is 18.0 Å². The number of aliphatic carboxylic acids is 2. The van der Waals surface area contributed by atoms with Crippen molar-refractivity contribution < 1.29 is 62.3 Å². The van der Waals surface area contributed by atoms with Crippen molar-refractivity contribution in [2.24, 2.45) is 0 Å². The SMILES string of the molecule is CCCC[CH-]CCCC.O=C(O)CC(C(=O)O)S(=O)(=O)O.[Na+]. The van der Waals surface area contributed by atoms with Crippen LogP contribution < -0.4 is 29.6 Å². The molecule has 0 aromatic heterocycles. The van der Waals surface area contributed by atoms with E-state index in [2.05, 4.69) is 20.3 Å². The molecule has 0 aromatic rings. The molecule has 3 N–H and O–H groups in total. The van der Waals surface area contributed by atoms with Crippen molar-refractivity contribution in [2.75, 3.05) is 0 Å². The van der Waals surface area contributed by atoms with Crippen molar-refractivity contribution >= 4 is 22.1 Å². The van der Waals surface area contributed by atoms with Gasteiger partial charge in [-0.1, -0.05) is 39.5 Å².